The number of halogens is 1. The lowest BCUT2D eigenvalue weighted by Crippen LogP contribution is -2.41. The summed E-state index contributed by atoms with van der Waals surface area (Å²) in [5, 5.41) is 4.60. The third-order valence-electron chi connectivity index (χ3n) is 3.97. The molecule has 0 aliphatic carbocycles. The Kier molecular flexibility index (Phi) is 4.53. The number of carbonyl (C=O) groups excluding carboxylic acids is 1. The average molecular weight is 353 g/mol. The molecule has 0 saturated heterocycles. The van der Waals surface area contributed by atoms with Crippen molar-refractivity contribution in [3.05, 3.63) is 64.7 Å². The number of nitrogens with one attached hydrogen (secondary N) is 1. The van der Waals surface area contributed by atoms with Gasteiger partial charge in [0.25, 0.3) is 5.91 Å². The van der Waals surface area contributed by atoms with Gasteiger partial charge in [0.1, 0.15) is 0 Å². The van der Waals surface area contributed by atoms with Crippen LogP contribution in [0.4, 0.5) is 0 Å². The summed E-state index contributed by atoms with van der Waals surface area (Å²) in [5.41, 5.74) is 3.77. The molecule has 0 aliphatic rings. The monoisotopic (exact) mass is 352 g/mol. The number of hydrogen-bond acceptors (Lipinski definition) is 2. The van der Waals surface area contributed by atoms with Gasteiger partial charge < -0.3 is 5.32 Å². The van der Waals surface area contributed by atoms with Crippen LogP contribution in [0.25, 0.3) is 22.2 Å². The molecule has 4 heteroatoms. The lowest BCUT2D eigenvalue weighted by atomic mass is 9.96. The van der Waals surface area contributed by atoms with Crippen molar-refractivity contribution >= 4 is 28.4 Å². The molecule has 0 saturated carbocycles. The van der Waals surface area contributed by atoms with E-state index in [1.54, 1.807) is 0 Å². The van der Waals surface area contributed by atoms with Crippen LogP contribution in [0.1, 0.15) is 36.7 Å². The summed E-state index contributed by atoms with van der Waals surface area (Å²) in [6.07, 6.45) is 0. The quantitative estimate of drug-likeness (QED) is 0.671. The molecule has 2 aromatic carbocycles. The lowest BCUT2D eigenvalue weighted by Gasteiger charge is -2.22. The Labute approximate surface area is 153 Å². The van der Waals surface area contributed by atoms with Crippen LogP contribution in [0.2, 0.25) is 5.02 Å². The standard InChI is InChI=1S/C21H21ClN2O/c1-13-18(20(25)24-21(2,3)4)16-7-5-6-8-17(16)23-19(13)14-9-11-15(22)12-10-14/h5-12H,1-4H3,(H,24,25). The minimum Gasteiger partial charge on any atom is -0.347 e. The van der Waals surface area contributed by atoms with Crippen LogP contribution in [-0.2, 0) is 0 Å². The maximum atomic E-state index is 13.0. The van der Waals surface area contributed by atoms with Gasteiger partial charge in [0.2, 0.25) is 0 Å². The van der Waals surface area contributed by atoms with Gasteiger partial charge in [-0.25, -0.2) is 4.98 Å². The van der Waals surface area contributed by atoms with Crippen molar-refractivity contribution < 1.29 is 4.79 Å². The topological polar surface area (TPSA) is 42.0 Å². The van der Waals surface area contributed by atoms with E-state index in [0.717, 1.165) is 27.7 Å². The minimum absolute atomic E-state index is 0.0844. The van der Waals surface area contributed by atoms with Gasteiger partial charge >= 0.3 is 0 Å². The van der Waals surface area contributed by atoms with Crippen LogP contribution >= 0.6 is 11.6 Å². The molecule has 1 aromatic heterocycles. The third kappa shape index (κ3) is 3.67. The van der Waals surface area contributed by atoms with Crippen LogP contribution < -0.4 is 5.32 Å². The first-order valence-electron chi connectivity index (χ1n) is 8.24. The van der Waals surface area contributed by atoms with E-state index in [0.29, 0.717) is 10.6 Å². The summed E-state index contributed by atoms with van der Waals surface area (Å²) in [7, 11) is 0. The van der Waals surface area contributed by atoms with Crippen molar-refractivity contribution in [1.82, 2.24) is 10.3 Å². The van der Waals surface area contributed by atoms with E-state index in [1.807, 2.05) is 76.2 Å². The first-order chi connectivity index (χ1) is 11.8. The number of amides is 1. The fourth-order valence-corrected chi connectivity index (χ4v) is 3.02. The number of para-hydroxylation sites is 1. The molecular weight excluding hydrogens is 332 g/mol. The highest BCUT2D eigenvalue weighted by atomic mass is 35.5. The molecule has 1 heterocycles. The molecule has 0 unspecified atom stereocenters. The molecular formula is C21H21ClN2O. The number of carbonyl (C=O) groups is 1. The summed E-state index contributed by atoms with van der Waals surface area (Å²) in [6.45, 7) is 7.87. The van der Waals surface area contributed by atoms with Gasteiger partial charge in [-0.3, -0.25) is 4.79 Å². The van der Waals surface area contributed by atoms with E-state index in [-0.39, 0.29) is 11.4 Å². The van der Waals surface area contributed by atoms with E-state index in [4.69, 9.17) is 16.6 Å². The minimum atomic E-state index is -0.311. The smallest absolute Gasteiger partial charge is 0.252 e. The molecule has 0 bridgehead atoms. The molecule has 0 spiro atoms. The van der Waals surface area contributed by atoms with Gasteiger partial charge in [-0.1, -0.05) is 41.9 Å². The largest absolute Gasteiger partial charge is 0.347 e. The molecule has 0 radical (unpaired) electrons. The van der Waals surface area contributed by atoms with Crippen LogP contribution in [0.5, 0.6) is 0 Å². The second-order valence-electron chi connectivity index (χ2n) is 7.19. The molecule has 3 aromatic rings. The normalized spacial score (nSPS) is 11.6. The van der Waals surface area contributed by atoms with E-state index < -0.39 is 0 Å². The summed E-state index contributed by atoms with van der Waals surface area (Å²) in [4.78, 5) is 17.8. The van der Waals surface area contributed by atoms with Crippen molar-refractivity contribution in [2.24, 2.45) is 0 Å². The highest BCUT2D eigenvalue weighted by Gasteiger charge is 2.22. The van der Waals surface area contributed by atoms with Gasteiger partial charge in [-0.2, -0.15) is 0 Å². The number of hydrogen-bond donors (Lipinski definition) is 1. The third-order valence-corrected chi connectivity index (χ3v) is 4.22. The number of nitrogens with zero attached hydrogens (tertiary/aromatic N) is 1. The first-order valence-corrected chi connectivity index (χ1v) is 8.62. The zero-order valence-electron chi connectivity index (χ0n) is 14.9. The van der Waals surface area contributed by atoms with Crippen molar-refractivity contribution in [3.8, 4) is 11.3 Å². The predicted molar refractivity (Wildman–Crippen MR) is 104 cm³/mol. The Morgan fingerprint density at radius 2 is 1.68 bits per heavy atom. The Hall–Kier alpha value is -2.39. The molecule has 0 aliphatic heterocycles. The summed E-state index contributed by atoms with van der Waals surface area (Å²) in [5.74, 6) is -0.0844. The zero-order chi connectivity index (χ0) is 18.2. The average Bonchev–Trinajstić information content (AvgIpc) is 2.53. The summed E-state index contributed by atoms with van der Waals surface area (Å²) < 4.78 is 0. The molecule has 128 valence electrons. The molecule has 3 rings (SSSR count). The predicted octanol–water partition coefficient (Wildman–Crippen LogP) is 5.39. The number of benzene rings is 2. The highest BCUT2D eigenvalue weighted by molar-refractivity contribution is 6.30. The zero-order valence-corrected chi connectivity index (χ0v) is 15.6. The number of rotatable bonds is 2. The van der Waals surface area contributed by atoms with Gasteiger partial charge in [-0.05, 0) is 51.5 Å². The lowest BCUT2D eigenvalue weighted by molar-refractivity contribution is 0.0920. The Morgan fingerprint density at radius 1 is 1.04 bits per heavy atom. The molecule has 0 atom stereocenters. The summed E-state index contributed by atoms with van der Waals surface area (Å²) in [6, 6.07) is 15.3. The number of pyridine rings is 1. The molecule has 25 heavy (non-hydrogen) atoms. The van der Waals surface area contributed by atoms with Gasteiger partial charge in [0.15, 0.2) is 0 Å². The Balaban J connectivity index is 2.25. The van der Waals surface area contributed by atoms with E-state index in [2.05, 4.69) is 5.32 Å². The fraction of sp³-hybridized carbons (Fsp3) is 0.238. The van der Waals surface area contributed by atoms with E-state index in [9.17, 15) is 4.79 Å². The van der Waals surface area contributed by atoms with Crippen LogP contribution in [0.3, 0.4) is 0 Å². The molecule has 1 N–H and O–H groups in total. The Bertz CT molecular complexity index is 941. The van der Waals surface area contributed by atoms with Crippen LogP contribution in [-0.4, -0.2) is 16.4 Å². The van der Waals surface area contributed by atoms with Crippen molar-refractivity contribution in [3.63, 3.8) is 0 Å². The number of fused-ring (bicyclic) bond motifs is 1. The SMILES string of the molecule is Cc1c(-c2ccc(Cl)cc2)nc2ccccc2c1C(=O)NC(C)(C)C. The van der Waals surface area contributed by atoms with Gasteiger partial charge in [0, 0.05) is 21.5 Å². The van der Waals surface area contributed by atoms with Gasteiger partial charge in [-0.15, -0.1) is 0 Å². The second kappa shape index (κ2) is 6.49. The van der Waals surface area contributed by atoms with Gasteiger partial charge in [0.05, 0.1) is 16.8 Å². The second-order valence-corrected chi connectivity index (χ2v) is 7.63. The summed E-state index contributed by atoms with van der Waals surface area (Å²) >= 11 is 6.00. The maximum absolute atomic E-state index is 13.0. The molecule has 0 fully saturated rings. The van der Waals surface area contributed by atoms with E-state index in [1.165, 1.54) is 0 Å². The van der Waals surface area contributed by atoms with Crippen LogP contribution in [0.15, 0.2) is 48.5 Å². The first kappa shape index (κ1) is 17.4. The van der Waals surface area contributed by atoms with E-state index >= 15 is 0 Å². The van der Waals surface area contributed by atoms with Crippen molar-refractivity contribution in [1.29, 1.82) is 0 Å². The number of aromatic nitrogens is 1. The molecule has 3 nitrogen and oxygen atoms in total. The highest BCUT2D eigenvalue weighted by Crippen LogP contribution is 2.30. The van der Waals surface area contributed by atoms with Crippen molar-refractivity contribution in [2.75, 3.05) is 0 Å². The Morgan fingerprint density at radius 3 is 2.32 bits per heavy atom. The van der Waals surface area contributed by atoms with Crippen molar-refractivity contribution in [2.45, 2.75) is 33.2 Å². The molecule has 1 amide bonds. The maximum Gasteiger partial charge on any atom is 0.252 e. The van der Waals surface area contributed by atoms with Crippen LogP contribution in [0, 0.1) is 6.92 Å². The fourth-order valence-electron chi connectivity index (χ4n) is 2.89.